The number of aromatic nitrogens is 2. The molecule has 0 bridgehead atoms. The van der Waals surface area contributed by atoms with Crippen molar-refractivity contribution in [1.82, 2.24) is 9.55 Å². The standard InChI is InChI=1S/C17H15ClN2O3/c1-10-19-15-6-4-11(17(21)22)7-16(15)20(10)9-12-3-5-13(23-2)8-14(12)18/h3-8H,9H2,1-2H3,(H,21,22). The maximum atomic E-state index is 11.2. The number of halogens is 1. The molecule has 3 rings (SSSR count). The van der Waals surface area contributed by atoms with Crippen molar-refractivity contribution in [2.45, 2.75) is 13.5 Å². The molecule has 23 heavy (non-hydrogen) atoms. The molecule has 0 amide bonds. The Bertz CT molecular complexity index is 902. The molecule has 1 heterocycles. The minimum Gasteiger partial charge on any atom is -0.497 e. The monoisotopic (exact) mass is 330 g/mol. The fourth-order valence-corrected chi connectivity index (χ4v) is 2.76. The third kappa shape index (κ3) is 2.87. The van der Waals surface area contributed by atoms with Crippen LogP contribution in [0.25, 0.3) is 11.0 Å². The van der Waals surface area contributed by atoms with Crippen LogP contribution in [0.15, 0.2) is 36.4 Å². The van der Waals surface area contributed by atoms with Crippen LogP contribution in [0.5, 0.6) is 5.75 Å². The van der Waals surface area contributed by atoms with Gasteiger partial charge in [0.2, 0.25) is 0 Å². The number of nitrogens with zero attached hydrogens (tertiary/aromatic N) is 2. The molecular weight excluding hydrogens is 316 g/mol. The third-order valence-corrected chi connectivity index (χ3v) is 4.13. The highest BCUT2D eigenvalue weighted by molar-refractivity contribution is 6.31. The molecule has 0 aliphatic rings. The summed E-state index contributed by atoms with van der Waals surface area (Å²) in [5.41, 5.74) is 2.68. The maximum absolute atomic E-state index is 11.2. The number of aromatic carboxylic acids is 1. The molecule has 0 aliphatic heterocycles. The fraction of sp³-hybridized carbons (Fsp3) is 0.176. The van der Waals surface area contributed by atoms with Crippen molar-refractivity contribution in [1.29, 1.82) is 0 Å². The van der Waals surface area contributed by atoms with E-state index in [2.05, 4.69) is 4.98 Å². The second kappa shape index (κ2) is 5.93. The summed E-state index contributed by atoms with van der Waals surface area (Å²) in [5, 5.41) is 9.77. The Labute approximate surface area is 138 Å². The molecule has 0 radical (unpaired) electrons. The van der Waals surface area contributed by atoms with Crippen molar-refractivity contribution in [3.05, 3.63) is 58.4 Å². The zero-order valence-corrected chi connectivity index (χ0v) is 13.5. The van der Waals surface area contributed by atoms with E-state index in [4.69, 9.17) is 21.4 Å². The molecule has 0 unspecified atom stereocenters. The first kappa shape index (κ1) is 15.4. The predicted molar refractivity (Wildman–Crippen MR) is 88.5 cm³/mol. The molecule has 6 heteroatoms. The molecule has 0 saturated carbocycles. The van der Waals surface area contributed by atoms with E-state index < -0.39 is 5.97 Å². The van der Waals surface area contributed by atoms with Crippen molar-refractivity contribution >= 4 is 28.6 Å². The van der Waals surface area contributed by atoms with Gasteiger partial charge in [0.25, 0.3) is 0 Å². The smallest absolute Gasteiger partial charge is 0.335 e. The number of aryl methyl sites for hydroxylation is 1. The average Bonchev–Trinajstić information content (AvgIpc) is 2.84. The zero-order valence-electron chi connectivity index (χ0n) is 12.7. The highest BCUT2D eigenvalue weighted by atomic mass is 35.5. The van der Waals surface area contributed by atoms with E-state index in [9.17, 15) is 4.79 Å². The predicted octanol–water partition coefficient (Wildman–Crippen LogP) is 3.75. The minimum absolute atomic E-state index is 0.236. The Hall–Kier alpha value is -2.53. The Morgan fingerprint density at radius 3 is 2.74 bits per heavy atom. The van der Waals surface area contributed by atoms with Gasteiger partial charge in [-0.05, 0) is 42.8 Å². The third-order valence-electron chi connectivity index (χ3n) is 3.77. The van der Waals surface area contributed by atoms with Crippen LogP contribution >= 0.6 is 11.6 Å². The van der Waals surface area contributed by atoms with E-state index in [0.29, 0.717) is 17.3 Å². The van der Waals surface area contributed by atoms with E-state index in [0.717, 1.165) is 22.4 Å². The number of methoxy groups -OCH3 is 1. The average molecular weight is 331 g/mol. The summed E-state index contributed by atoms with van der Waals surface area (Å²) in [5.74, 6) is 0.535. The summed E-state index contributed by atoms with van der Waals surface area (Å²) in [7, 11) is 1.59. The van der Waals surface area contributed by atoms with Gasteiger partial charge in [0.15, 0.2) is 0 Å². The first-order chi connectivity index (χ1) is 11.0. The van der Waals surface area contributed by atoms with Gasteiger partial charge >= 0.3 is 5.97 Å². The molecule has 0 spiro atoms. The second-order valence-corrected chi connectivity index (χ2v) is 5.62. The van der Waals surface area contributed by atoms with Gasteiger partial charge in [-0.1, -0.05) is 17.7 Å². The van der Waals surface area contributed by atoms with Crippen LogP contribution in [-0.2, 0) is 6.54 Å². The number of rotatable bonds is 4. The van der Waals surface area contributed by atoms with Gasteiger partial charge in [0.05, 0.1) is 30.3 Å². The molecule has 0 atom stereocenters. The van der Waals surface area contributed by atoms with Gasteiger partial charge in [0.1, 0.15) is 11.6 Å². The van der Waals surface area contributed by atoms with Crippen LogP contribution in [0.2, 0.25) is 5.02 Å². The molecule has 0 fully saturated rings. The molecule has 118 valence electrons. The summed E-state index contributed by atoms with van der Waals surface area (Å²) in [6.07, 6.45) is 0. The minimum atomic E-state index is -0.959. The number of carbonyl (C=O) groups is 1. The largest absolute Gasteiger partial charge is 0.497 e. The molecule has 0 saturated heterocycles. The molecule has 2 aromatic carbocycles. The number of hydrogen-bond donors (Lipinski definition) is 1. The van der Waals surface area contributed by atoms with Crippen molar-refractivity contribution in [3.8, 4) is 5.75 Å². The van der Waals surface area contributed by atoms with Gasteiger partial charge < -0.3 is 14.4 Å². The SMILES string of the molecule is COc1ccc(Cn2c(C)nc3ccc(C(=O)O)cc32)c(Cl)c1. The van der Waals surface area contributed by atoms with Crippen LogP contribution in [0.3, 0.4) is 0 Å². The summed E-state index contributed by atoms with van der Waals surface area (Å²) in [6, 6.07) is 10.4. The topological polar surface area (TPSA) is 64.4 Å². The number of imidazole rings is 1. The van der Waals surface area contributed by atoms with E-state index in [1.54, 1.807) is 31.4 Å². The number of carboxylic acids is 1. The van der Waals surface area contributed by atoms with Crippen LogP contribution in [0.1, 0.15) is 21.7 Å². The van der Waals surface area contributed by atoms with E-state index in [1.165, 1.54) is 0 Å². The maximum Gasteiger partial charge on any atom is 0.335 e. The van der Waals surface area contributed by atoms with Crippen LogP contribution < -0.4 is 4.74 Å². The van der Waals surface area contributed by atoms with Crippen LogP contribution in [-0.4, -0.2) is 27.7 Å². The number of hydrogen-bond acceptors (Lipinski definition) is 3. The van der Waals surface area contributed by atoms with Crippen molar-refractivity contribution in [3.63, 3.8) is 0 Å². The van der Waals surface area contributed by atoms with Gasteiger partial charge in [-0.15, -0.1) is 0 Å². The Kier molecular flexibility index (Phi) is 3.96. The molecular formula is C17H15ClN2O3. The van der Waals surface area contributed by atoms with Crippen molar-refractivity contribution in [2.24, 2.45) is 0 Å². The van der Waals surface area contributed by atoms with Gasteiger partial charge in [-0.3, -0.25) is 0 Å². The molecule has 1 N–H and O–H groups in total. The lowest BCUT2D eigenvalue weighted by Crippen LogP contribution is -2.04. The van der Waals surface area contributed by atoms with Crippen LogP contribution in [0.4, 0.5) is 0 Å². The summed E-state index contributed by atoms with van der Waals surface area (Å²) >= 11 is 6.30. The van der Waals surface area contributed by atoms with E-state index >= 15 is 0 Å². The number of benzene rings is 2. The Morgan fingerprint density at radius 1 is 1.30 bits per heavy atom. The summed E-state index contributed by atoms with van der Waals surface area (Å²) < 4.78 is 7.11. The lowest BCUT2D eigenvalue weighted by atomic mass is 10.2. The quantitative estimate of drug-likeness (QED) is 0.791. The first-order valence-electron chi connectivity index (χ1n) is 7.02. The van der Waals surface area contributed by atoms with E-state index in [1.807, 2.05) is 23.6 Å². The molecule has 5 nitrogen and oxygen atoms in total. The lowest BCUT2D eigenvalue weighted by Gasteiger charge is -2.10. The number of fused-ring (bicyclic) bond motifs is 1. The fourth-order valence-electron chi connectivity index (χ4n) is 2.53. The molecule has 1 aromatic heterocycles. The first-order valence-corrected chi connectivity index (χ1v) is 7.40. The molecule has 0 aliphatic carbocycles. The molecule has 3 aromatic rings. The van der Waals surface area contributed by atoms with Gasteiger partial charge in [-0.2, -0.15) is 0 Å². The zero-order chi connectivity index (χ0) is 16.6. The van der Waals surface area contributed by atoms with Crippen molar-refractivity contribution in [2.75, 3.05) is 7.11 Å². The van der Waals surface area contributed by atoms with Gasteiger partial charge in [0, 0.05) is 5.02 Å². The number of ether oxygens (including phenoxy) is 1. The Balaban J connectivity index is 2.07. The van der Waals surface area contributed by atoms with Gasteiger partial charge in [-0.25, -0.2) is 9.78 Å². The Morgan fingerprint density at radius 2 is 2.09 bits per heavy atom. The van der Waals surface area contributed by atoms with Crippen molar-refractivity contribution < 1.29 is 14.6 Å². The summed E-state index contributed by atoms with van der Waals surface area (Å²) in [6.45, 7) is 2.39. The van der Waals surface area contributed by atoms with Crippen LogP contribution in [0, 0.1) is 6.92 Å². The highest BCUT2D eigenvalue weighted by Gasteiger charge is 2.12. The second-order valence-electron chi connectivity index (χ2n) is 5.21. The highest BCUT2D eigenvalue weighted by Crippen LogP contribution is 2.25. The lowest BCUT2D eigenvalue weighted by molar-refractivity contribution is 0.0697. The summed E-state index contributed by atoms with van der Waals surface area (Å²) in [4.78, 5) is 15.7. The van der Waals surface area contributed by atoms with E-state index in [-0.39, 0.29) is 5.56 Å². The number of carboxylic acid groups (broad SMARTS) is 1. The normalized spacial score (nSPS) is 10.9.